The minimum atomic E-state index is -3.67. The van der Waals surface area contributed by atoms with Crippen LogP contribution < -0.4 is 0 Å². The quantitative estimate of drug-likeness (QED) is 0.168. The minimum Gasteiger partial charge on any atom is -0.147 e. The first-order valence-corrected chi connectivity index (χ1v) is 29.1. The van der Waals surface area contributed by atoms with Crippen LogP contribution in [0.4, 0.5) is 0 Å². The van der Waals surface area contributed by atoms with E-state index in [0.29, 0.717) is 13.2 Å². The second-order valence-electron chi connectivity index (χ2n) is 13.9. The summed E-state index contributed by atoms with van der Waals surface area (Å²) >= 11 is -3.67. The van der Waals surface area contributed by atoms with Gasteiger partial charge in [-0.2, -0.15) is 0 Å². The molecule has 2 aliphatic carbocycles. The molecular weight excluding hydrogens is 659 g/mol. The van der Waals surface area contributed by atoms with Crippen LogP contribution in [0.15, 0.2) is 102 Å². The van der Waals surface area contributed by atoms with Gasteiger partial charge in [0.1, 0.15) is 0 Å². The Bertz CT molecular complexity index is 1760. The van der Waals surface area contributed by atoms with Crippen molar-refractivity contribution in [1.29, 1.82) is 0 Å². The van der Waals surface area contributed by atoms with Crippen molar-refractivity contribution in [2.45, 2.75) is 57.1 Å². The molecule has 4 aromatic carbocycles. The molecule has 0 bridgehead atoms. The van der Waals surface area contributed by atoms with E-state index in [1.54, 1.807) is 27.8 Å². The van der Waals surface area contributed by atoms with E-state index in [2.05, 4.69) is 147 Å². The predicted molar refractivity (Wildman–Crippen MR) is 194 cm³/mol. The molecule has 0 N–H and O–H groups in total. The summed E-state index contributed by atoms with van der Waals surface area (Å²) in [5.41, 5.74) is 16.5. The molecule has 4 heteroatoms. The number of hydrogen-bond donors (Lipinski definition) is 0. The Kier molecular flexibility index (Phi) is 10.1. The Hall–Kier alpha value is -1.96. The minimum absolute atomic E-state index is 0. The van der Waals surface area contributed by atoms with Crippen molar-refractivity contribution in [2.24, 2.45) is 5.92 Å². The molecule has 0 nitrogen and oxygen atoms in total. The Labute approximate surface area is 274 Å². The average Bonchev–Trinajstić information content (AvgIpc) is 3.54. The fourth-order valence-corrected chi connectivity index (χ4v) is 28.8. The molecule has 0 radical (unpaired) electrons. The molecule has 0 heterocycles. The number of benzene rings is 4. The molecule has 43 heavy (non-hydrogen) atoms. The molecule has 2 aliphatic rings. The van der Waals surface area contributed by atoms with Gasteiger partial charge in [-0.15, -0.1) is 24.8 Å². The molecule has 0 aliphatic heterocycles. The van der Waals surface area contributed by atoms with Crippen LogP contribution in [0.1, 0.15) is 69.2 Å². The van der Waals surface area contributed by atoms with E-state index in [-0.39, 0.29) is 24.8 Å². The molecule has 0 saturated heterocycles. The zero-order chi connectivity index (χ0) is 29.0. The molecule has 0 saturated carbocycles. The maximum Gasteiger partial charge on any atom is -0.147 e. The van der Waals surface area contributed by atoms with Crippen molar-refractivity contribution in [3.05, 3.63) is 130 Å². The standard InChI is InChI=1S/C19H19.C18H17.2CH3.2ClH.H2Si.Zr/c1-3-7-15-10-11-17(16-8-5-4-6-9-16)19-13-14(2)12-18(15)19;1-13(2)16-11-15-9-6-10-17(18(15)12-16)14-7-4-3-5-8-14;;;;;;/h4-6,8-13H,3,7H2,1-2H3;3-13H,1-2H3;2*1H3;2*1H;1H2;. The SMILES string of the molecule is CCCc1ccc(-c2ccccc2)c2c1[CH]([Zr]([CH3])([CH3])(=[SiH2])[CH]1C(C(C)C)=Cc3c(-c4ccccc4)cccc31)C(C)=C2.Cl.Cl. The van der Waals surface area contributed by atoms with Gasteiger partial charge in [0.25, 0.3) is 0 Å². The van der Waals surface area contributed by atoms with E-state index in [1.165, 1.54) is 39.8 Å². The number of aryl methyl sites for hydroxylation is 1. The third-order valence-electron chi connectivity index (χ3n) is 9.84. The van der Waals surface area contributed by atoms with Gasteiger partial charge >= 0.3 is 252 Å². The molecule has 0 amide bonds. The van der Waals surface area contributed by atoms with E-state index in [9.17, 15) is 0 Å². The zero-order valence-electron chi connectivity index (χ0n) is 26.5. The van der Waals surface area contributed by atoms with Crippen LogP contribution >= 0.6 is 24.8 Å². The molecule has 0 fully saturated rings. The summed E-state index contributed by atoms with van der Waals surface area (Å²) in [6.45, 7) is 12.1. The van der Waals surface area contributed by atoms with E-state index in [0.717, 1.165) is 6.42 Å². The van der Waals surface area contributed by atoms with Gasteiger partial charge in [0.15, 0.2) is 0 Å². The Balaban J connectivity index is 0.00000212. The number of hydrogen-bond acceptors (Lipinski definition) is 0. The van der Waals surface area contributed by atoms with Crippen LogP contribution in [0.5, 0.6) is 0 Å². The second-order valence-corrected chi connectivity index (χ2v) is 44.4. The van der Waals surface area contributed by atoms with Gasteiger partial charge in [-0.25, -0.2) is 0 Å². The topological polar surface area (TPSA) is 0 Å². The van der Waals surface area contributed by atoms with Gasteiger partial charge in [-0.3, -0.25) is 0 Å². The summed E-state index contributed by atoms with van der Waals surface area (Å²) in [5, 5.41) is 0. The van der Waals surface area contributed by atoms with Gasteiger partial charge in [0.05, 0.1) is 0 Å². The Morgan fingerprint density at radius 1 is 0.698 bits per heavy atom. The molecule has 224 valence electrons. The predicted octanol–water partition coefficient (Wildman–Crippen LogP) is 11.4. The van der Waals surface area contributed by atoms with Gasteiger partial charge in [0, 0.05) is 0 Å². The average molecular weight is 705 g/mol. The summed E-state index contributed by atoms with van der Waals surface area (Å²) in [6.07, 6.45) is 7.50. The van der Waals surface area contributed by atoms with Gasteiger partial charge in [-0.05, 0) is 0 Å². The Morgan fingerprint density at radius 3 is 1.84 bits per heavy atom. The third-order valence-corrected chi connectivity index (χ3v) is 27.4. The van der Waals surface area contributed by atoms with E-state index in [1.807, 2.05) is 0 Å². The molecule has 0 aromatic heterocycles. The molecule has 6 rings (SSSR count). The maximum atomic E-state index is 2.78. The Morgan fingerprint density at radius 2 is 1.28 bits per heavy atom. The van der Waals surface area contributed by atoms with Crippen LogP contribution in [-0.2, 0) is 23.8 Å². The van der Waals surface area contributed by atoms with Gasteiger partial charge < -0.3 is 0 Å². The van der Waals surface area contributed by atoms with Crippen LogP contribution in [0.2, 0.25) is 9.26 Å². The first kappa shape index (κ1) is 33.9. The van der Waals surface area contributed by atoms with E-state index in [4.69, 9.17) is 0 Å². The largest absolute Gasteiger partial charge is 0.147 e. The van der Waals surface area contributed by atoms with Crippen molar-refractivity contribution in [1.82, 2.24) is 0 Å². The maximum absolute atomic E-state index is 3.67. The van der Waals surface area contributed by atoms with Crippen molar-refractivity contribution in [3.63, 3.8) is 0 Å². The number of halogens is 2. The summed E-state index contributed by atoms with van der Waals surface area (Å²) in [6, 6.07) is 34.0. The summed E-state index contributed by atoms with van der Waals surface area (Å²) < 4.78 is 6.64. The number of allylic oxidation sites excluding steroid dienone is 2. The van der Waals surface area contributed by atoms with Crippen LogP contribution in [-0.4, -0.2) is 6.88 Å². The van der Waals surface area contributed by atoms with Crippen molar-refractivity contribution in [3.8, 4) is 22.3 Å². The molecular formula is C39H46Cl2SiZr. The van der Waals surface area contributed by atoms with Gasteiger partial charge in [-0.1, -0.05) is 0 Å². The number of fused-ring (bicyclic) bond motifs is 2. The van der Waals surface area contributed by atoms with E-state index < -0.39 is 17.4 Å². The fraction of sp³-hybridized carbons (Fsp3) is 0.282. The molecule has 2 atom stereocenters. The smallest absolute Gasteiger partial charge is 0.147 e. The molecule has 0 spiro atoms. The van der Waals surface area contributed by atoms with Crippen LogP contribution in [0, 0.1) is 5.92 Å². The first-order valence-electron chi connectivity index (χ1n) is 15.5. The first-order chi connectivity index (χ1) is 19.6. The second kappa shape index (κ2) is 12.8. The van der Waals surface area contributed by atoms with Crippen molar-refractivity contribution >= 4 is 43.8 Å². The summed E-state index contributed by atoms with van der Waals surface area (Å²) in [5.74, 6) is 0.518. The van der Waals surface area contributed by atoms with Crippen molar-refractivity contribution < 1.29 is 17.4 Å². The number of rotatable bonds is 7. The van der Waals surface area contributed by atoms with Crippen LogP contribution in [0.25, 0.3) is 34.4 Å². The summed E-state index contributed by atoms with van der Waals surface area (Å²) in [4.78, 5) is 0. The molecule has 4 aromatic rings. The van der Waals surface area contributed by atoms with Crippen LogP contribution in [0.3, 0.4) is 0 Å². The normalized spacial score (nSPS) is 17.4. The monoisotopic (exact) mass is 702 g/mol. The van der Waals surface area contributed by atoms with Crippen molar-refractivity contribution in [2.75, 3.05) is 0 Å². The fourth-order valence-electron chi connectivity index (χ4n) is 8.31. The van der Waals surface area contributed by atoms with E-state index >= 15 is 0 Å². The molecule has 2 unspecified atom stereocenters. The summed E-state index contributed by atoms with van der Waals surface area (Å²) in [7, 11) is 0. The van der Waals surface area contributed by atoms with Gasteiger partial charge in [0.2, 0.25) is 0 Å². The third kappa shape index (κ3) is 5.79. The zero-order valence-corrected chi connectivity index (χ0v) is 32.0.